The number of ether oxygens (including phenoxy) is 1. The van der Waals surface area contributed by atoms with E-state index in [4.69, 9.17) is 4.74 Å². The van der Waals surface area contributed by atoms with Crippen molar-refractivity contribution in [2.24, 2.45) is 0 Å². The highest BCUT2D eigenvalue weighted by Crippen LogP contribution is 2.24. The number of rotatable bonds is 10. The van der Waals surface area contributed by atoms with Gasteiger partial charge in [0.15, 0.2) is 0 Å². The predicted octanol–water partition coefficient (Wildman–Crippen LogP) is 5.59. The van der Waals surface area contributed by atoms with Gasteiger partial charge in [0.1, 0.15) is 5.75 Å². The van der Waals surface area contributed by atoms with Crippen molar-refractivity contribution in [3.8, 4) is 11.4 Å². The number of methoxy groups -OCH3 is 1. The van der Waals surface area contributed by atoms with Crippen LogP contribution in [0.1, 0.15) is 28.2 Å². The van der Waals surface area contributed by atoms with Crippen LogP contribution in [0.4, 0.5) is 5.69 Å². The molecular formula is C27H30N4O2S. The van der Waals surface area contributed by atoms with Crippen LogP contribution < -0.4 is 10.1 Å². The van der Waals surface area contributed by atoms with E-state index in [2.05, 4.69) is 38.9 Å². The molecule has 0 spiro atoms. The number of hydrogen-bond acceptors (Lipinski definition) is 5. The average Bonchev–Trinajstić information content (AvgIpc) is 3.47. The van der Waals surface area contributed by atoms with E-state index in [0.29, 0.717) is 19.5 Å². The summed E-state index contributed by atoms with van der Waals surface area (Å²) in [6, 6.07) is 22.2. The number of thiophene rings is 1. The Balaban J connectivity index is 1.44. The Kier molecular flexibility index (Phi) is 7.77. The zero-order valence-corrected chi connectivity index (χ0v) is 20.6. The third-order valence-corrected chi connectivity index (χ3v) is 6.62. The summed E-state index contributed by atoms with van der Waals surface area (Å²) in [6.07, 6.45) is 0.385. The fourth-order valence-corrected chi connectivity index (χ4v) is 4.76. The minimum absolute atomic E-state index is 0.0185. The van der Waals surface area contributed by atoms with Crippen LogP contribution >= 0.6 is 11.3 Å². The summed E-state index contributed by atoms with van der Waals surface area (Å²) in [4.78, 5) is 16.5. The maximum atomic E-state index is 12.9. The van der Waals surface area contributed by atoms with Crippen LogP contribution in [0.5, 0.6) is 5.75 Å². The van der Waals surface area contributed by atoms with Gasteiger partial charge in [-0.2, -0.15) is 5.10 Å². The molecular weight excluding hydrogens is 444 g/mol. The Labute approximate surface area is 204 Å². The summed E-state index contributed by atoms with van der Waals surface area (Å²) < 4.78 is 7.41. The van der Waals surface area contributed by atoms with Gasteiger partial charge in [-0.05, 0) is 43.5 Å². The first-order valence-electron chi connectivity index (χ1n) is 11.3. The second kappa shape index (κ2) is 11.1. The summed E-state index contributed by atoms with van der Waals surface area (Å²) in [5.74, 6) is 0.845. The van der Waals surface area contributed by atoms with Gasteiger partial charge in [0.25, 0.3) is 0 Å². The van der Waals surface area contributed by atoms with Crippen molar-refractivity contribution in [3.05, 3.63) is 93.9 Å². The number of aryl methyl sites for hydroxylation is 1. The molecule has 2 aromatic carbocycles. The maximum absolute atomic E-state index is 12.9. The first-order valence-corrected chi connectivity index (χ1v) is 12.2. The maximum Gasteiger partial charge on any atom is 0.225 e. The van der Waals surface area contributed by atoms with Crippen molar-refractivity contribution in [2.45, 2.75) is 33.4 Å². The van der Waals surface area contributed by atoms with E-state index < -0.39 is 0 Å². The number of benzene rings is 2. The average molecular weight is 475 g/mol. The van der Waals surface area contributed by atoms with E-state index in [1.807, 2.05) is 67.1 Å². The first-order chi connectivity index (χ1) is 16.5. The predicted molar refractivity (Wildman–Crippen MR) is 138 cm³/mol. The molecule has 0 aliphatic rings. The van der Waals surface area contributed by atoms with Gasteiger partial charge in [0.2, 0.25) is 5.91 Å². The smallest absolute Gasteiger partial charge is 0.225 e. The van der Waals surface area contributed by atoms with E-state index in [1.54, 1.807) is 18.4 Å². The number of aromatic nitrogens is 2. The van der Waals surface area contributed by atoms with Gasteiger partial charge in [-0.1, -0.05) is 42.5 Å². The van der Waals surface area contributed by atoms with Crippen LogP contribution in [-0.2, 0) is 17.9 Å². The molecule has 6 nitrogen and oxygen atoms in total. The van der Waals surface area contributed by atoms with Crippen molar-refractivity contribution >= 4 is 22.9 Å². The van der Waals surface area contributed by atoms with Crippen LogP contribution in [0.15, 0.2) is 72.1 Å². The Hall–Kier alpha value is -3.42. The van der Waals surface area contributed by atoms with Crippen molar-refractivity contribution in [3.63, 3.8) is 0 Å². The highest BCUT2D eigenvalue weighted by atomic mass is 32.1. The molecule has 4 rings (SSSR count). The normalized spacial score (nSPS) is 11.1. The van der Waals surface area contributed by atoms with Crippen LogP contribution in [-0.4, -0.2) is 34.2 Å². The van der Waals surface area contributed by atoms with Gasteiger partial charge in [0, 0.05) is 36.5 Å². The summed E-state index contributed by atoms with van der Waals surface area (Å²) >= 11 is 1.73. The molecule has 0 radical (unpaired) electrons. The molecule has 0 saturated heterocycles. The minimum atomic E-state index is -0.0185. The van der Waals surface area contributed by atoms with Crippen molar-refractivity contribution < 1.29 is 9.53 Å². The number of anilines is 1. The number of para-hydroxylation sites is 2. The molecule has 0 aliphatic heterocycles. The van der Waals surface area contributed by atoms with E-state index >= 15 is 0 Å². The molecule has 0 aliphatic carbocycles. The van der Waals surface area contributed by atoms with Crippen LogP contribution in [0.3, 0.4) is 0 Å². The molecule has 1 N–H and O–H groups in total. The van der Waals surface area contributed by atoms with Crippen molar-refractivity contribution in [2.75, 3.05) is 19.0 Å². The number of carbonyl (C=O) groups excluding carboxylic acids is 1. The Morgan fingerprint density at radius 2 is 1.79 bits per heavy atom. The fraction of sp³-hybridized carbons (Fsp3) is 0.259. The van der Waals surface area contributed by atoms with Crippen LogP contribution in [0.2, 0.25) is 0 Å². The molecule has 0 unspecified atom stereocenters. The van der Waals surface area contributed by atoms with E-state index in [9.17, 15) is 4.79 Å². The first kappa shape index (κ1) is 23.7. The molecule has 0 bridgehead atoms. The number of nitrogens with one attached hydrogen (secondary N) is 1. The molecule has 34 heavy (non-hydrogen) atoms. The second-order valence-electron chi connectivity index (χ2n) is 8.19. The SMILES string of the molecule is COc1ccccc1CN(CCC(=O)Nc1c(C)nn(-c2ccccc2)c1C)Cc1cccs1. The summed E-state index contributed by atoms with van der Waals surface area (Å²) in [5, 5.41) is 9.81. The lowest BCUT2D eigenvalue weighted by Crippen LogP contribution is -2.27. The van der Waals surface area contributed by atoms with Gasteiger partial charge in [-0.15, -0.1) is 11.3 Å². The molecule has 7 heteroatoms. The van der Waals surface area contributed by atoms with Gasteiger partial charge in [-0.3, -0.25) is 9.69 Å². The van der Waals surface area contributed by atoms with Gasteiger partial charge in [0.05, 0.1) is 29.9 Å². The minimum Gasteiger partial charge on any atom is -0.496 e. The molecule has 0 atom stereocenters. The highest BCUT2D eigenvalue weighted by molar-refractivity contribution is 7.09. The van der Waals surface area contributed by atoms with E-state index in [0.717, 1.165) is 40.6 Å². The Morgan fingerprint density at radius 1 is 1.03 bits per heavy atom. The standard InChI is InChI=1S/C27H30N4O2S/c1-20-27(21(2)31(29-20)23-11-5-4-6-12-23)28-26(32)15-16-30(19-24-13-9-17-34-24)18-22-10-7-8-14-25(22)33-3/h4-14,17H,15-16,18-19H2,1-3H3,(H,28,32). The lowest BCUT2D eigenvalue weighted by atomic mass is 10.1. The van der Waals surface area contributed by atoms with Gasteiger partial charge < -0.3 is 10.1 Å². The van der Waals surface area contributed by atoms with Crippen LogP contribution in [0.25, 0.3) is 5.69 Å². The molecule has 2 heterocycles. The zero-order valence-electron chi connectivity index (χ0n) is 19.8. The van der Waals surface area contributed by atoms with E-state index in [-0.39, 0.29) is 5.91 Å². The summed E-state index contributed by atoms with van der Waals surface area (Å²) in [6.45, 7) is 6.03. The largest absolute Gasteiger partial charge is 0.496 e. The highest BCUT2D eigenvalue weighted by Gasteiger charge is 2.17. The summed E-state index contributed by atoms with van der Waals surface area (Å²) in [5.41, 5.74) is 4.59. The quantitative estimate of drug-likeness (QED) is 0.325. The monoisotopic (exact) mass is 474 g/mol. The van der Waals surface area contributed by atoms with E-state index in [1.165, 1.54) is 4.88 Å². The molecule has 1 amide bonds. The van der Waals surface area contributed by atoms with Crippen molar-refractivity contribution in [1.29, 1.82) is 0 Å². The Bertz CT molecular complexity index is 1220. The molecule has 4 aromatic rings. The van der Waals surface area contributed by atoms with Crippen LogP contribution in [0, 0.1) is 13.8 Å². The summed E-state index contributed by atoms with van der Waals surface area (Å²) in [7, 11) is 1.69. The second-order valence-corrected chi connectivity index (χ2v) is 9.23. The number of carbonyl (C=O) groups is 1. The third-order valence-electron chi connectivity index (χ3n) is 5.76. The molecule has 2 aromatic heterocycles. The lowest BCUT2D eigenvalue weighted by Gasteiger charge is -2.22. The molecule has 176 valence electrons. The topological polar surface area (TPSA) is 59.4 Å². The molecule has 0 saturated carbocycles. The van der Waals surface area contributed by atoms with Gasteiger partial charge >= 0.3 is 0 Å². The number of amides is 1. The van der Waals surface area contributed by atoms with Gasteiger partial charge in [-0.25, -0.2) is 4.68 Å². The number of hydrogen-bond donors (Lipinski definition) is 1. The molecule has 0 fully saturated rings. The third kappa shape index (κ3) is 5.73. The number of nitrogens with zero attached hydrogens (tertiary/aromatic N) is 3. The Morgan fingerprint density at radius 3 is 2.53 bits per heavy atom. The van der Waals surface area contributed by atoms with Crippen molar-refractivity contribution in [1.82, 2.24) is 14.7 Å². The lowest BCUT2D eigenvalue weighted by molar-refractivity contribution is -0.116. The zero-order chi connectivity index (χ0) is 23.9. The fourth-order valence-electron chi connectivity index (χ4n) is 4.02.